The molecule has 1 aromatic carbocycles. The van der Waals surface area contributed by atoms with Crippen LogP contribution in [0.15, 0.2) is 28.7 Å². The van der Waals surface area contributed by atoms with Gasteiger partial charge in [-0.2, -0.15) is 0 Å². The number of para-hydroxylation sites is 2. The molecule has 1 fully saturated rings. The van der Waals surface area contributed by atoms with E-state index in [1.165, 1.54) is 0 Å². The monoisotopic (exact) mass is 303 g/mol. The normalized spacial score (nSPS) is 18.8. The first-order chi connectivity index (χ1) is 10.7. The van der Waals surface area contributed by atoms with Gasteiger partial charge in [0.15, 0.2) is 11.5 Å². The largest absolute Gasteiger partial charge is 0.441 e. The Hall–Kier alpha value is -1.43. The van der Waals surface area contributed by atoms with Crippen molar-refractivity contribution in [2.75, 3.05) is 39.3 Å². The summed E-state index contributed by atoms with van der Waals surface area (Å²) in [5.41, 5.74) is 1.83. The van der Waals surface area contributed by atoms with Gasteiger partial charge in [-0.25, -0.2) is 4.98 Å². The topological polar surface area (TPSA) is 52.7 Å². The highest BCUT2D eigenvalue weighted by Crippen LogP contribution is 2.16. The van der Waals surface area contributed by atoms with E-state index in [4.69, 9.17) is 4.42 Å². The van der Waals surface area contributed by atoms with Crippen molar-refractivity contribution in [3.05, 3.63) is 30.2 Å². The minimum absolute atomic E-state index is 0.231. The Labute approximate surface area is 131 Å². The van der Waals surface area contributed by atoms with Crippen LogP contribution < -0.4 is 0 Å². The number of hydrogen-bond donors (Lipinski definition) is 1. The number of nitrogens with zero attached hydrogens (tertiary/aromatic N) is 3. The molecule has 0 radical (unpaired) electrons. The number of aryl methyl sites for hydroxylation is 1. The molecule has 1 N–H and O–H groups in total. The van der Waals surface area contributed by atoms with E-state index < -0.39 is 0 Å². The van der Waals surface area contributed by atoms with Crippen LogP contribution in [0.25, 0.3) is 11.1 Å². The zero-order chi connectivity index (χ0) is 15.4. The number of aromatic nitrogens is 1. The number of aliphatic hydroxyl groups excluding tert-OH is 1. The lowest BCUT2D eigenvalue weighted by Crippen LogP contribution is -2.48. The molecule has 1 aromatic heterocycles. The zero-order valence-electron chi connectivity index (χ0n) is 13.2. The Morgan fingerprint density at radius 1 is 1.18 bits per heavy atom. The Bertz CT molecular complexity index is 555. The first-order valence-electron chi connectivity index (χ1n) is 8.18. The van der Waals surface area contributed by atoms with Crippen molar-refractivity contribution >= 4 is 11.1 Å². The Kier molecular flexibility index (Phi) is 5.08. The minimum atomic E-state index is -0.231. The summed E-state index contributed by atoms with van der Waals surface area (Å²) in [5.74, 6) is 0.842. The van der Waals surface area contributed by atoms with Gasteiger partial charge in [-0.3, -0.25) is 4.90 Å². The molecule has 1 atom stereocenters. The minimum Gasteiger partial charge on any atom is -0.441 e. The third-order valence-electron chi connectivity index (χ3n) is 4.19. The quantitative estimate of drug-likeness (QED) is 0.881. The number of hydrogen-bond acceptors (Lipinski definition) is 5. The second-order valence-corrected chi connectivity index (χ2v) is 6.17. The Morgan fingerprint density at radius 2 is 1.91 bits per heavy atom. The summed E-state index contributed by atoms with van der Waals surface area (Å²) in [6.07, 6.45) is 1.73. The highest BCUT2D eigenvalue weighted by Gasteiger charge is 2.17. The fourth-order valence-electron chi connectivity index (χ4n) is 3.05. The van der Waals surface area contributed by atoms with Gasteiger partial charge in [-0.15, -0.1) is 0 Å². The van der Waals surface area contributed by atoms with Crippen molar-refractivity contribution in [2.24, 2.45) is 0 Å². The SMILES string of the molecule is C[C@@H](O)CN1CCN(CCCc2nc3ccccc3o2)CC1. The van der Waals surface area contributed by atoms with E-state index >= 15 is 0 Å². The van der Waals surface area contributed by atoms with Gasteiger partial charge < -0.3 is 14.4 Å². The molecule has 0 spiro atoms. The second kappa shape index (κ2) is 7.22. The fraction of sp³-hybridized carbons (Fsp3) is 0.588. The molecule has 0 bridgehead atoms. The number of fused-ring (bicyclic) bond motifs is 1. The van der Waals surface area contributed by atoms with Crippen molar-refractivity contribution in [3.8, 4) is 0 Å². The number of aliphatic hydroxyl groups is 1. The lowest BCUT2D eigenvalue weighted by Gasteiger charge is -2.35. The predicted molar refractivity (Wildman–Crippen MR) is 86.9 cm³/mol. The maximum absolute atomic E-state index is 9.43. The molecular weight excluding hydrogens is 278 g/mol. The molecule has 1 aliphatic rings. The van der Waals surface area contributed by atoms with Crippen LogP contribution in [0.5, 0.6) is 0 Å². The molecule has 0 aliphatic carbocycles. The number of β-amino-alcohol motifs (C(OH)–C–C–N with tert-alkyl or cyclic N) is 1. The molecule has 120 valence electrons. The molecule has 3 rings (SSSR count). The van der Waals surface area contributed by atoms with E-state index in [1.54, 1.807) is 0 Å². The number of oxazole rings is 1. The van der Waals surface area contributed by atoms with Crippen LogP contribution in [0.4, 0.5) is 0 Å². The van der Waals surface area contributed by atoms with E-state index in [2.05, 4.69) is 14.8 Å². The van der Waals surface area contributed by atoms with Crippen molar-refractivity contribution in [1.29, 1.82) is 0 Å². The van der Waals surface area contributed by atoms with Crippen molar-refractivity contribution < 1.29 is 9.52 Å². The van der Waals surface area contributed by atoms with Gasteiger partial charge in [0, 0.05) is 39.1 Å². The molecule has 2 heterocycles. The predicted octanol–water partition coefficient (Wildman–Crippen LogP) is 1.76. The molecule has 0 unspecified atom stereocenters. The maximum atomic E-state index is 9.43. The Morgan fingerprint density at radius 3 is 2.64 bits per heavy atom. The fourth-order valence-corrected chi connectivity index (χ4v) is 3.05. The third kappa shape index (κ3) is 4.06. The number of benzene rings is 1. The van der Waals surface area contributed by atoms with Crippen LogP contribution in [0, 0.1) is 0 Å². The number of rotatable bonds is 6. The van der Waals surface area contributed by atoms with Crippen molar-refractivity contribution in [2.45, 2.75) is 25.9 Å². The van der Waals surface area contributed by atoms with Gasteiger partial charge in [0.05, 0.1) is 6.10 Å². The van der Waals surface area contributed by atoms with E-state index in [-0.39, 0.29) is 6.10 Å². The first kappa shape index (κ1) is 15.5. The van der Waals surface area contributed by atoms with Gasteiger partial charge in [-0.1, -0.05) is 12.1 Å². The number of piperazine rings is 1. The summed E-state index contributed by atoms with van der Waals surface area (Å²) in [5, 5.41) is 9.43. The Balaban J connectivity index is 1.40. The van der Waals surface area contributed by atoms with Crippen LogP contribution in [-0.2, 0) is 6.42 Å². The van der Waals surface area contributed by atoms with Crippen LogP contribution >= 0.6 is 0 Å². The molecule has 5 heteroatoms. The van der Waals surface area contributed by atoms with Crippen LogP contribution in [0.3, 0.4) is 0 Å². The zero-order valence-corrected chi connectivity index (χ0v) is 13.2. The summed E-state index contributed by atoms with van der Waals surface area (Å²) in [6, 6.07) is 7.92. The third-order valence-corrected chi connectivity index (χ3v) is 4.19. The lowest BCUT2D eigenvalue weighted by atomic mass is 10.2. The average Bonchev–Trinajstić information content (AvgIpc) is 2.91. The van der Waals surface area contributed by atoms with Crippen LogP contribution in [0.2, 0.25) is 0 Å². The van der Waals surface area contributed by atoms with Crippen molar-refractivity contribution in [1.82, 2.24) is 14.8 Å². The van der Waals surface area contributed by atoms with Gasteiger partial charge in [-0.05, 0) is 32.0 Å². The molecule has 22 heavy (non-hydrogen) atoms. The summed E-state index contributed by atoms with van der Waals surface area (Å²) in [7, 11) is 0. The molecule has 0 saturated carbocycles. The summed E-state index contributed by atoms with van der Waals surface area (Å²) < 4.78 is 5.75. The van der Waals surface area contributed by atoms with Gasteiger partial charge in [0.25, 0.3) is 0 Å². The molecular formula is C17H25N3O2. The van der Waals surface area contributed by atoms with Gasteiger partial charge in [0.1, 0.15) is 5.52 Å². The first-order valence-corrected chi connectivity index (χ1v) is 8.18. The second-order valence-electron chi connectivity index (χ2n) is 6.17. The van der Waals surface area contributed by atoms with Crippen molar-refractivity contribution in [3.63, 3.8) is 0 Å². The highest BCUT2D eigenvalue weighted by atomic mass is 16.3. The smallest absolute Gasteiger partial charge is 0.195 e. The summed E-state index contributed by atoms with van der Waals surface area (Å²) in [6.45, 7) is 7.99. The van der Waals surface area contributed by atoms with Gasteiger partial charge in [0.2, 0.25) is 0 Å². The van der Waals surface area contributed by atoms with E-state index in [0.717, 1.165) is 69.1 Å². The van der Waals surface area contributed by atoms with E-state index in [9.17, 15) is 5.11 Å². The maximum Gasteiger partial charge on any atom is 0.195 e. The molecule has 0 amide bonds. The van der Waals surface area contributed by atoms with E-state index in [0.29, 0.717) is 0 Å². The molecule has 5 nitrogen and oxygen atoms in total. The lowest BCUT2D eigenvalue weighted by molar-refractivity contribution is 0.0803. The van der Waals surface area contributed by atoms with Crippen LogP contribution in [-0.4, -0.2) is 65.3 Å². The molecule has 2 aromatic rings. The van der Waals surface area contributed by atoms with Crippen LogP contribution in [0.1, 0.15) is 19.2 Å². The highest BCUT2D eigenvalue weighted by molar-refractivity contribution is 5.72. The summed E-state index contributed by atoms with van der Waals surface area (Å²) in [4.78, 5) is 9.34. The van der Waals surface area contributed by atoms with Gasteiger partial charge >= 0.3 is 0 Å². The van der Waals surface area contributed by atoms with E-state index in [1.807, 2.05) is 31.2 Å². The standard InChI is InChI=1S/C17H25N3O2/c1-14(21)13-20-11-9-19(10-12-20)8-4-7-17-18-15-5-2-3-6-16(15)22-17/h2-3,5-6,14,21H,4,7-13H2,1H3/t14-/m1/s1. The molecule has 1 saturated heterocycles. The average molecular weight is 303 g/mol. The molecule has 1 aliphatic heterocycles. The summed E-state index contributed by atoms with van der Waals surface area (Å²) >= 11 is 0.